The smallest absolute Gasteiger partial charge is 0.0325 e. The van der Waals surface area contributed by atoms with Crippen LogP contribution in [0.25, 0.3) is 0 Å². The largest absolute Gasteiger partial charge is 0.330 e. The third kappa shape index (κ3) is 6.32. The van der Waals surface area contributed by atoms with Crippen molar-refractivity contribution >= 4 is 27.3 Å². The first kappa shape index (κ1) is 16.2. The number of hydrogen-bond donors (Lipinski definition) is 1. The maximum Gasteiger partial charge on any atom is 0.0325 e. The van der Waals surface area contributed by atoms with Gasteiger partial charge in [-0.1, -0.05) is 13.8 Å². The molecule has 0 radical (unpaired) electrons. The van der Waals surface area contributed by atoms with Crippen molar-refractivity contribution < 1.29 is 0 Å². The standard InChI is InChI=1S/C14H25BrN2S/c1-11(2)6-12(8-16)4-5-17(3)9-14-7-13(15)10-18-14/h7,10-12H,4-6,8-9,16H2,1-3H3. The van der Waals surface area contributed by atoms with E-state index in [1.54, 1.807) is 0 Å². The molecule has 0 spiro atoms. The minimum Gasteiger partial charge on any atom is -0.330 e. The molecule has 0 bridgehead atoms. The summed E-state index contributed by atoms with van der Waals surface area (Å²) in [5, 5.41) is 2.14. The number of thiophene rings is 1. The molecule has 0 fully saturated rings. The van der Waals surface area contributed by atoms with Gasteiger partial charge in [0, 0.05) is 21.3 Å². The van der Waals surface area contributed by atoms with Crippen LogP contribution in [0.2, 0.25) is 0 Å². The molecule has 4 heteroatoms. The molecule has 0 saturated carbocycles. The number of nitrogens with zero attached hydrogens (tertiary/aromatic N) is 1. The molecule has 0 saturated heterocycles. The van der Waals surface area contributed by atoms with Crippen LogP contribution in [-0.4, -0.2) is 25.0 Å². The number of nitrogens with two attached hydrogens (primary N) is 1. The molecule has 1 aromatic rings. The van der Waals surface area contributed by atoms with E-state index in [9.17, 15) is 0 Å². The van der Waals surface area contributed by atoms with Gasteiger partial charge in [-0.25, -0.2) is 0 Å². The molecule has 0 aliphatic rings. The second kappa shape index (κ2) is 8.31. The highest BCUT2D eigenvalue weighted by molar-refractivity contribution is 9.10. The fourth-order valence-corrected chi connectivity index (χ4v) is 3.71. The molecule has 2 nitrogen and oxygen atoms in total. The minimum absolute atomic E-state index is 0.669. The molecule has 1 atom stereocenters. The average Bonchev–Trinajstić information content (AvgIpc) is 2.69. The predicted molar refractivity (Wildman–Crippen MR) is 85.0 cm³/mol. The Morgan fingerprint density at radius 3 is 2.67 bits per heavy atom. The maximum atomic E-state index is 5.84. The van der Waals surface area contributed by atoms with Crippen LogP contribution in [0.1, 0.15) is 31.6 Å². The summed E-state index contributed by atoms with van der Waals surface area (Å²) in [7, 11) is 2.19. The number of rotatable bonds is 8. The van der Waals surface area contributed by atoms with E-state index in [1.807, 2.05) is 11.3 Å². The molecule has 18 heavy (non-hydrogen) atoms. The van der Waals surface area contributed by atoms with E-state index in [-0.39, 0.29) is 0 Å². The van der Waals surface area contributed by atoms with Crippen LogP contribution in [0.3, 0.4) is 0 Å². The van der Waals surface area contributed by atoms with E-state index in [0.717, 1.165) is 25.6 Å². The SMILES string of the molecule is CC(C)CC(CN)CCN(C)Cc1cc(Br)cs1. The molecule has 1 heterocycles. The van der Waals surface area contributed by atoms with Gasteiger partial charge in [0.25, 0.3) is 0 Å². The first-order valence-electron chi connectivity index (χ1n) is 6.62. The van der Waals surface area contributed by atoms with E-state index < -0.39 is 0 Å². The van der Waals surface area contributed by atoms with E-state index in [0.29, 0.717) is 5.92 Å². The Morgan fingerprint density at radius 2 is 2.17 bits per heavy atom. The van der Waals surface area contributed by atoms with Gasteiger partial charge in [-0.05, 0) is 66.8 Å². The van der Waals surface area contributed by atoms with Crippen molar-refractivity contribution in [3.05, 3.63) is 20.8 Å². The highest BCUT2D eigenvalue weighted by Gasteiger charge is 2.11. The molecule has 2 N–H and O–H groups in total. The van der Waals surface area contributed by atoms with Crippen LogP contribution in [0.5, 0.6) is 0 Å². The quantitative estimate of drug-likeness (QED) is 0.780. The second-order valence-electron chi connectivity index (χ2n) is 5.49. The van der Waals surface area contributed by atoms with Crippen LogP contribution < -0.4 is 5.73 Å². The summed E-state index contributed by atoms with van der Waals surface area (Å²) < 4.78 is 1.19. The van der Waals surface area contributed by atoms with Gasteiger partial charge in [0.05, 0.1) is 0 Å². The first-order chi connectivity index (χ1) is 8.51. The Kier molecular flexibility index (Phi) is 7.46. The Hall–Kier alpha value is 0.1000. The molecular weight excluding hydrogens is 308 g/mol. The number of halogens is 1. The zero-order valence-electron chi connectivity index (χ0n) is 11.7. The zero-order valence-corrected chi connectivity index (χ0v) is 14.1. The molecule has 1 aromatic heterocycles. The van der Waals surface area contributed by atoms with Crippen LogP contribution in [-0.2, 0) is 6.54 Å². The summed E-state index contributed by atoms with van der Waals surface area (Å²) in [6.07, 6.45) is 2.45. The molecule has 1 rings (SSSR count). The topological polar surface area (TPSA) is 29.3 Å². The van der Waals surface area contributed by atoms with Crippen molar-refractivity contribution in [3.63, 3.8) is 0 Å². The molecule has 0 amide bonds. The third-order valence-electron chi connectivity index (χ3n) is 3.10. The Labute approximate surface area is 124 Å². The fourth-order valence-electron chi connectivity index (χ4n) is 2.18. The minimum atomic E-state index is 0.669. The highest BCUT2D eigenvalue weighted by atomic mass is 79.9. The summed E-state index contributed by atoms with van der Waals surface area (Å²) in [5.74, 6) is 1.42. The summed E-state index contributed by atoms with van der Waals surface area (Å²) >= 11 is 5.31. The van der Waals surface area contributed by atoms with E-state index in [2.05, 4.69) is 53.2 Å². The maximum absolute atomic E-state index is 5.84. The van der Waals surface area contributed by atoms with Gasteiger partial charge in [-0.2, -0.15) is 0 Å². The summed E-state index contributed by atoms with van der Waals surface area (Å²) in [5.41, 5.74) is 5.84. The van der Waals surface area contributed by atoms with Gasteiger partial charge in [0.1, 0.15) is 0 Å². The second-order valence-corrected chi connectivity index (χ2v) is 7.40. The van der Waals surface area contributed by atoms with Crippen molar-refractivity contribution in [2.24, 2.45) is 17.6 Å². The van der Waals surface area contributed by atoms with Crippen LogP contribution in [0.4, 0.5) is 0 Å². The van der Waals surface area contributed by atoms with Crippen LogP contribution >= 0.6 is 27.3 Å². The summed E-state index contributed by atoms with van der Waals surface area (Å²) in [4.78, 5) is 3.80. The van der Waals surface area contributed by atoms with E-state index in [4.69, 9.17) is 5.73 Å². The molecule has 104 valence electrons. The lowest BCUT2D eigenvalue weighted by Gasteiger charge is -2.21. The van der Waals surface area contributed by atoms with Gasteiger partial charge in [0.15, 0.2) is 0 Å². The van der Waals surface area contributed by atoms with E-state index in [1.165, 1.54) is 22.2 Å². The highest BCUT2D eigenvalue weighted by Crippen LogP contribution is 2.21. The zero-order chi connectivity index (χ0) is 13.5. The lowest BCUT2D eigenvalue weighted by atomic mass is 9.94. The van der Waals surface area contributed by atoms with Gasteiger partial charge in [-0.15, -0.1) is 11.3 Å². The van der Waals surface area contributed by atoms with Gasteiger partial charge in [-0.3, -0.25) is 0 Å². The molecule has 0 aromatic carbocycles. The molecule has 0 aliphatic heterocycles. The van der Waals surface area contributed by atoms with Crippen molar-refractivity contribution in [2.45, 2.75) is 33.2 Å². The van der Waals surface area contributed by atoms with Crippen LogP contribution in [0.15, 0.2) is 15.9 Å². The van der Waals surface area contributed by atoms with E-state index >= 15 is 0 Å². The van der Waals surface area contributed by atoms with Crippen molar-refractivity contribution in [3.8, 4) is 0 Å². The van der Waals surface area contributed by atoms with Crippen molar-refractivity contribution in [1.82, 2.24) is 4.90 Å². The van der Waals surface area contributed by atoms with Gasteiger partial charge in [0.2, 0.25) is 0 Å². The third-order valence-corrected chi connectivity index (χ3v) is 4.79. The fraction of sp³-hybridized carbons (Fsp3) is 0.714. The monoisotopic (exact) mass is 332 g/mol. The molecule has 0 aliphatic carbocycles. The van der Waals surface area contributed by atoms with Crippen LogP contribution in [0, 0.1) is 11.8 Å². The first-order valence-corrected chi connectivity index (χ1v) is 8.30. The average molecular weight is 333 g/mol. The lowest BCUT2D eigenvalue weighted by Crippen LogP contribution is -2.24. The van der Waals surface area contributed by atoms with Gasteiger partial charge >= 0.3 is 0 Å². The summed E-state index contributed by atoms with van der Waals surface area (Å²) in [6, 6.07) is 2.20. The molecule has 1 unspecified atom stereocenters. The Morgan fingerprint density at radius 1 is 1.44 bits per heavy atom. The van der Waals surface area contributed by atoms with Crippen molar-refractivity contribution in [1.29, 1.82) is 0 Å². The predicted octanol–water partition coefficient (Wildman–Crippen LogP) is 3.95. The Balaban J connectivity index is 2.29. The van der Waals surface area contributed by atoms with Gasteiger partial charge < -0.3 is 10.6 Å². The molecular formula is C14H25BrN2S. The summed E-state index contributed by atoms with van der Waals surface area (Å²) in [6.45, 7) is 7.53. The lowest BCUT2D eigenvalue weighted by molar-refractivity contribution is 0.280. The number of hydrogen-bond acceptors (Lipinski definition) is 3. The normalized spacial score (nSPS) is 13.5. The van der Waals surface area contributed by atoms with Crippen molar-refractivity contribution in [2.75, 3.05) is 20.1 Å². The Bertz CT molecular complexity index is 338.